The van der Waals surface area contributed by atoms with E-state index in [-0.39, 0.29) is 11.9 Å². The fourth-order valence-electron chi connectivity index (χ4n) is 3.22. The Balaban J connectivity index is 1.51. The smallest absolute Gasteiger partial charge is 0.223 e. The minimum atomic E-state index is 0.161. The van der Waals surface area contributed by atoms with Gasteiger partial charge in [0.1, 0.15) is 0 Å². The summed E-state index contributed by atoms with van der Waals surface area (Å²) in [7, 11) is 0. The maximum absolute atomic E-state index is 12.4. The zero-order chi connectivity index (χ0) is 17.8. The van der Waals surface area contributed by atoms with Gasteiger partial charge in [-0.2, -0.15) is 0 Å². The fraction of sp³-hybridized carbons (Fsp3) is 0.474. The van der Waals surface area contributed by atoms with Crippen LogP contribution < -0.4 is 5.73 Å². The normalized spacial score (nSPS) is 16.8. The van der Waals surface area contributed by atoms with E-state index in [1.54, 1.807) is 6.20 Å². The molecule has 2 N–H and O–H groups in total. The van der Waals surface area contributed by atoms with Gasteiger partial charge in [-0.05, 0) is 49.9 Å². The van der Waals surface area contributed by atoms with Gasteiger partial charge in [0.2, 0.25) is 5.91 Å². The number of oxazole rings is 1. The van der Waals surface area contributed by atoms with Gasteiger partial charge in [0.05, 0.1) is 6.20 Å². The average Bonchev–Trinajstić information content (AvgIpc) is 3.09. The van der Waals surface area contributed by atoms with Gasteiger partial charge in [-0.3, -0.25) is 4.79 Å². The van der Waals surface area contributed by atoms with E-state index >= 15 is 0 Å². The summed E-state index contributed by atoms with van der Waals surface area (Å²) < 4.78 is 5.75. The molecule has 0 saturated carbocycles. The van der Waals surface area contributed by atoms with Crippen LogP contribution in [0.2, 0.25) is 5.02 Å². The van der Waals surface area contributed by atoms with Crippen LogP contribution in [0.3, 0.4) is 0 Å². The van der Waals surface area contributed by atoms with Gasteiger partial charge in [0.25, 0.3) is 0 Å². The van der Waals surface area contributed by atoms with Gasteiger partial charge < -0.3 is 15.1 Å². The van der Waals surface area contributed by atoms with Crippen LogP contribution in [0.1, 0.15) is 32.1 Å². The zero-order valence-corrected chi connectivity index (χ0v) is 15.2. The molecule has 1 saturated heterocycles. The summed E-state index contributed by atoms with van der Waals surface area (Å²) in [6, 6.07) is 7.61. The minimum absolute atomic E-state index is 0.161. The van der Waals surface area contributed by atoms with Crippen LogP contribution >= 0.6 is 11.6 Å². The number of piperidine rings is 1. The Bertz CT molecular complexity index is 704. The minimum Gasteiger partial charge on any atom is -0.441 e. The maximum Gasteiger partial charge on any atom is 0.223 e. The van der Waals surface area contributed by atoms with Gasteiger partial charge in [-0.15, -0.1) is 0 Å². The van der Waals surface area contributed by atoms with E-state index in [1.165, 1.54) is 0 Å². The molecule has 0 bridgehead atoms. The third-order valence-corrected chi connectivity index (χ3v) is 5.12. The second-order valence-corrected chi connectivity index (χ2v) is 7.14. The Hall–Kier alpha value is -1.85. The molecule has 2 heterocycles. The van der Waals surface area contributed by atoms with Crippen molar-refractivity contribution in [2.45, 2.75) is 38.6 Å². The highest BCUT2D eigenvalue weighted by Gasteiger charge is 2.24. The lowest BCUT2D eigenvalue weighted by molar-refractivity contribution is -0.132. The van der Waals surface area contributed by atoms with Crippen molar-refractivity contribution in [3.63, 3.8) is 0 Å². The van der Waals surface area contributed by atoms with Crippen molar-refractivity contribution >= 4 is 17.5 Å². The highest BCUT2D eigenvalue weighted by molar-refractivity contribution is 6.30. The summed E-state index contributed by atoms with van der Waals surface area (Å²) in [5.74, 6) is 1.97. The second kappa shape index (κ2) is 8.02. The molecule has 5 nitrogen and oxygen atoms in total. The van der Waals surface area contributed by atoms with Crippen molar-refractivity contribution < 1.29 is 9.21 Å². The van der Waals surface area contributed by atoms with Crippen LogP contribution in [0.15, 0.2) is 34.9 Å². The number of likely N-dealkylation sites (tertiary alicyclic amines) is 1. The van der Waals surface area contributed by atoms with Crippen molar-refractivity contribution in [2.24, 2.45) is 11.7 Å². The molecule has 1 fully saturated rings. The fourth-order valence-corrected chi connectivity index (χ4v) is 3.35. The summed E-state index contributed by atoms with van der Waals surface area (Å²) in [5.41, 5.74) is 6.87. The second-order valence-electron chi connectivity index (χ2n) is 6.70. The van der Waals surface area contributed by atoms with Gasteiger partial charge in [-0.1, -0.05) is 11.6 Å². The first kappa shape index (κ1) is 18.0. The molecular weight excluding hydrogens is 338 g/mol. The topological polar surface area (TPSA) is 72.4 Å². The number of hydrogen-bond donors (Lipinski definition) is 1. The molecular formula is C19H24ClN3O2. The summed E-state index contributed by atoms with van der Waals surface area (Å²) in [6.07, 6.45) is 4.60. The lowest BCUT2D eigenvalue weighted by atomic mass is 9.91. The standard InChI is InChI=1S/C19H24ClN3O2/c1-13(21)14-8-10-23(11-9-14)19(24)7-6-18-22-12-17(25-18)15-2-4-16(20)5-3-15/h2-5,12-14H,6-11,21H2,1H3. The van der Waals surface area contributed by atoms with E-state index in [1.807, 2.05) is 36.1 Å². The molecule has 1 aliphatic heterocycles. The quantitative estimate of drug-likeness (QED) is 0.884. The number of aromatic nitrogens is 1. The lowest BCUT2D eigenvalue weighted by Gasteiger charge is -2.33. The summed E-state index contributed by atoms with van der Waals surface area (Å²) >= 11 is 5.89. The third-order valence-electron chi connectivity index (χ3n) is 4.87. The molecule has 6 heteroatoms. The molecule has 134 valence electrons. The first-order chi connectivity index (χ1) is 12.0. The summed E-state index contributed by atoms with van der Waals surface area (Å²) in [5, 5.41) is 0.682. The molecule has 1 unspecified atom stereocenters. The van der Waals surface area contributed by atoms with Gasteiger partial charge in [-0.25, -0.2) is 4.98 Å². The number of nitrogens with zero attached hydrogens (tertiary/aromatic N) is 2. The number of aryl methyl sites for hydroxylation is 1. The van der Waals surface area contributed by atoms with Crippen LogP contribution in [-0.2, 0) is 11.2 Å². The largest absolute Gasteiger partial charge is 0.441 e. The van der Waals surface area contributed by atoms with Crippen molar-refractivity contribution in [1.82, 2.24) is 9.88 Å². The Labute approximate surface area is 153 Å². The number of amides is 1. The molecule has 1 aromatic heterocycles. The van der Waals surface area contributed by atoms with Crippen molar-refractivity contribution in [1.29, 1.82) is 0 Å². The number of rotatable bonds is 5. The number of carbonyl (C=O) groups is 1. The number of nitrogens with two attached hydrogens (primary N) is 1. The zero-order valence-electron chi connectivity index (χ0n) is 14.5. The summed E-state index contributed by atoms with van der Waals surface area (Å²) in [4.78, 5) is 18.6. The first-order valence-electron chi connectivity index (χ1n) is 8.77. The number of benzene rings is 1. The van der Waals surface area contributed by atoms with Gasteiger partial charge in [0.15, 0.2) is 11.7 Å². The molecule has 1 aromatic carbocycles. The SMILES string of the molecule is CC(N)C1CCN(C(=O)CCc2ncc(-c3ccc(Cl)cc3)o2)CC1. The molecule has 0 aliphatic carbocycles. The van der Waals surface area contributed by atoms with E-state index in [0.29, 0.717) is 35.4 Å². The van der Waals surface area contributed by atoms with E-state index < -0.39 is 0 Å². The van der Waals surface area contributed by atoms with Crippen LogP contribution in [0.4, 0.5) is 0 Å². The molecule has 0 spiro atoms. The predicted octanol–water partition coefficient (Wildman–Crippen LogP) is 3.51. The summed E-state index contributed by atoms with van der Waals surface area (Å²) in [6.45, 7) is 3.64. The van der Waals surface area contributed by atoms with Crippen molar-refractivity contribution in [3.05, 3.63) is 41.4 Å². The molecule has 0 radical (unpaired) electrons. The van der Waals surface area contributed by atoms with Gasteiger partial charge >= 0.3 is 0 Å². The highest BCUT2D eigenvalue weighted by Crippen LogP contribution is 2.23. The Kier molecular flexibility index (Phi) is 5.76. The third kappa shape index (κ3) is 4.61. The van der Waals surface area contributed by atoms with Crippen LogP contribution in [0.5, 0.6) is 0 Å². The first-order valence-corrected chi connectivity index (χ1v) is 9.14. The number of hydrogen-bond acceptors (Lipinski definition) is 4. The van der Waals surface area contributed by atoms with Crippen LogP contribution in [-0.4, -0.2) is 34.9 Å². The van der Waals surface area contributed by atoms with Gasteiger partial charge in [0, 0.05) is 42.6 Å². The Morgan fingerprint density at radius 3 is 2.68 bits per heavy atom. The number of halogens is 1. The predicted molar refractivity (Wildman–Crippen MR) is 98.2 cm³/mol. The lowest BCUT2D eigenvalue weighted by Crippen LogP contribution is -2.42. The monoisotopic (exact) mass is 361 g/mol. The van der Waals surface area contributed by atoms with E-state index in [2.05, 4.69) is 4.98 Å². The van der Waals surface area contributed by atoms with Crippen LogP contribution in [0.25, 0.3) is 11.3 Å². The molecule has 1 amide bonds. The average molecular weight is 362 g/mol. The van der Waals surface area contributed by atoms with E-state index in [0.717, 1.165) is 31.5 Å². The van der Waals surface area contributed by atoms with Crippen LogP contribution in [0, 0.1) is 5.92 Å². The molecule has 25 heavy (non-hydrogen) atoms. The molecule has 1 atom stereocenters. The highest BCUT2D eigenvalue weighted by atomic mass is 35.5. The van der Waals surface area contributed by atoms with Crippen molar-refractivity contribution in [2.75, 3.05) is 13.1 Å². The maximum atomic E-state index is 12.4. The molecule has 3 rings (SSSR count). The Morgan fingerprint density at radius 1 is 1.36 bits per heavy atom. The number of carbonyl (C=O) groups excluding carboxylic acids is 1. The van der Waals surface area contributed by atoms with E-state index in [4.69, 9.17) is 21.8 Å². The Morgan fingerprint density at radius 2 is 2.04 bits per heavy atom. The van der Waals surface area contributed by atoms with E-state index in [9.17, 15) is 4.79 Å². The molecule has 2 aromatic rings. The molecule has 1 aliphatic rings. The van der Waals surface area contributed by atoms with Crippen molar-refractivity contribution in [3.8, 4) is 11.3 Å².